The number of aliphatic carboxylic acids is 1. The highest BCUT2D eigenvalue weighted by Crippen LogP contribution is 2.38. The van der Waals surface area contributed by atoms with Crippen molar-refractivity contribution in [3.63, 3.8) is 0 Å². The van der Waals surface area contributed by atoms with Gasteiger partial charge in [-0.2, -0.15) is 0 Å². The van der Waals surface area contributed by atoms with Gasteiger partial charge in [0, 0.05) is 19.1 Å². The fraction of sp³-hybridized carbons (Fsp3) is 0.857. The summed E-state index contributed by atoms with van der Waals surface area (Å²) in [6.07, 6.45) is 4.19. The molecule has 2 amide bonds. The fourth-order valence-corrected chi connectivity index (χ4v) is 2.72. The molecule has 1 fully saturated rings. The highest BCUT2D eigenvalue weighted by Gasteiger charge is 2.46. The Kier molecular flexibility index (Phi) is 5.20. The maximum atomic E-state index is 12.1. The highest BCUT2D eigenvalue weighted by molar-refractivity contribution is 5.79. The minimum atomic E-state index is -0.829. The van der Waals surface area contributed by atoms with Gasteiger partial charge in [-0.25, -0.2) is 4.79 Å². The van der Waals surface area contributed by atoms with Crippen LogP contribution in [0.15, 0.2) is 0 Å². The standard InChI is InChI=1S/C14H26N2O3/c1-5-7-10(2)16(4)13(19)15-11-8-6-9-14(11,3)12(17)18/h10-11H,5-9H2,1-4H3,(H,15,19)(H,17,18). The average molecular weight is 270 g/mol. The van der Waals surface area contributed by atoms with Gasteiger partial charge in [-0.3, -0.25) is 4.79 Å². The Morgan fingerprint density at radius 1 is 1.53 bits per heavy atom. The molecule has 5 heteroatoms. The number of carbonyl (C=O) groups excluding carboxylic acids is 1. The normalized spacial score (nSPS) is 27.9. The molecule has 0 heterocycles. The lowest BCUT2D eigenvalue weighted by atomic mass is 9.85. The smallest absolute Gasteiger partial charge is 0.317 e. The van der Waals surface area contributed by atoms with Crippen molar-refractivity contribution in [3.05, 3.63) is 0 Å². The first-order chi connectivity index (χ1) is 8.82. The Balaban J connectivity index is 2.64. The van der Waals surface area contributed by atoms with Crippen molar-refractivity contribution in [3.8, 4) is 0 Å². The highest BCUT2D eigenvalue weighted by atomic mass is 16.4. The maximum Gasteiger partial charge on any atom is 0.317 e. The van der Waals surface area contributed by atoms with Crippen molar-refractivity contribution in [1.29, 1.82) is 0 Å². The van der Waals surface area contributed by atoms with Crippen LogP contribution in [-0.2, 0) is 4.79 Å². The van der Waals surface area contributed by atoms with Crippen LogP contribution in [0.5, 0.6) is 0 Å². The molecule has 1 rings (SSSR count). The molecular weight excluding hydrogens is 244 g/mol. The summed E-state index contributed by atoms with van der Waals surface area (Å²) in [5, 5.41) is 12.2. The fourth-order valence-electron chi connectivity index (χ4n) is 2.72. The number of amides is 2. The van der Waals surface area contributed by atoms with Crippen LogP contribution in [0.25, 0.3) is 0 Å². The lowest BCUT2D eigenvalue weighted by Crippen LogP contribution is -2.52. The number of carboxylic acid groups (broad SMARTS) is 1. The first-order valence-electron chi connectivity index (χ1n) is 7.09. The molecule has 3 unspecified atom stereocenters. The molecule has 1 aliphatic carbocycles. The predicted molar refractivity (Wildman–Crippen MR) is 74.0 cm³/mol. The summed E-state index contributed by atoms with van der Waals surface area (Å²) in [5.41, 5.74) is -0.829. The Bertz CT molecular complexity index is 346. The lowest BCUT2D eigenvalue weighted by Gasteiger charge is -2.31. The van der Waals surface area contributed by atoms with Crippen molar-refractivity contribution in [2.45, 2.75) is 65.0 Å². The van der Waals surface area contributed by atoms with Crippen molar-refractivity contribution in [2.75, 3.05) is 7.05 Å². The quantitative estimate of drug-likeness (QED) is 0.806. The summed E-state index contributed by atoms with van der Waals surface area (Å²) in [4.78, 5) is 25.2. The third-order valence-electron chi connectivity index (χ3n) is 4.43. The second kappa shape index (κ2) is 6.26. The predicted octanol–water partition coefficient (Wildman–Crippen LogP) is 2.46. The molecule has 1 saturated carbocycles. The SMILES string of the molecule is CCCC(C)N(C)C(=O)NC1CCCC1(C)C(=O)O. The molecule has 0 aliphatic heterocycles. The van der Waals surface area contributed by atoms with E-state index in [1.165, 1.54) is 0 Å². The zero-order valence-electron chi connectivity index (χ0n) is 12.4. The molecule has 0 aromatic heterocycles. The summed E-state index contributed by atoms with van der Waals surface area (Å²) in [6.45, 7) is 5.82. The summed E-state index contributed by atoms with van der Waals surface area (Å²) >= 11 is 0. The van der Waals surface area contributed by atoms with E-state index < -0.39 is 11.4 Å². The van der Waals surface area contributed by atoms with E-state index in [1.54, 1.807) is 18.9 Å². The van der Waals surface area contributed by atoms with Crippen LogP contribution in [0.1, 0.15) is 52.9 Å². The summed E-state index contributed by atoms with van der Waals surface area (Å²) < 4.78 is 0. The number of hydrogen-bond donors (Lipinski definition) is 2. The topological polar surface area (TPSA) is 69.6 Å². The molecule has 0 saturated heterocycles. The van der Waals surface area contributed by atoms with Gasteiger partial charge >= 0.3 is 12.0 Å². The molecule has 0 aromatic rings. The van der Waals surface area contributed by atoms with Crippen LogP contribution in [0, 0.1) is 5.41 Å². The van der Waals surface area contributed by atoms with E-state index in [1.807, 2.05) is 6.92 Å². The number of nitrogens with one attached hydrogen (secondary N) is 1. The molecule has 0 spiro atoms. The number of carbonyl (C=O) groups is 2. The van der Waals surface area contributed by atoms with Crippen LogP contribution in [0.2, 0.25) is 0 Å². The summed E-state index contributed by atoms with van der Waals surface area (Å²) in [5.74, 6) is -0.820. The molecule has 0 radical (unpaired) electrons. The molecule has 110 valence electrons. The zero-order chi connectivity index (χ0) is 14.6. The minimum absolute atomic E-state index is 0.166. The van der Waals surface area contributed by atoms with Gasteiger partial charge in [-0.05, 0) is 33.1 Å². The van der Waals surface area contributed by atoms with Crippen molar-refractivity contribution in [1.82, 2.24) is 10.2 Å². The Hall–Kier alpha value is -1.26. The minimum Gasteiger partial charge on any atom is -0.481 e. The van der Waals surface area contributed by atoms with Gasteiger partial charge in [0.2, 0.25) is 0 Å². The van der Waals surface area contributed by atoms with Crippen LogP contribution in [-0.4, -0.2) is 41.1 Å². The van der Waals surface area contributed by atoms with Crippen molar-refractivity contribution in [2.24, 2.45) is 5.41 Å². The second-order valence-corrected chi connectivity index (χ2v) is 5.87. The first kappa shape index (κ1) is 15.8. The maximum absolute atomic E-state index is 12.1. The third-order valence-corrected chi connectivity index (χ3v) is 4.43. The van der Waals surface area contributed by atoms with Gasteiger partial charge in [-0.1, -0.05) is 19.8 Å². The summed E-state index contributed by atoms with van der Waals surface area (Å²) in [6, 6.07) is -0.267. The largest absolute Gasteiger partial charge is 0.481 e. The number of carboxylic acids is 1. The molecule has 3 atom stereocenters. The lowest BCUT2D eigenvalue weighted by molar-refractivity contribution is -0.148. The van der Waals surface area contributed by atoms with E-state index in [0.717, 1.165) is 25.7 Å². The van der Waals surface area contributed by atoms with E-state index >= 15 is 0 Å². The van der Waals surface area contributed by atoms with E-state index in [4.69, 9.17) is 0 Å². The Labute approximate surface area is 115 Å². The van der Waals surface area contributed by atoms with Gasteiger partial charge in [0.15, 0.2) is 0 Å². The van der Waals surface area contributed by atoms with Crippen molar-refractivity contribution < 1.29 is 14.7 Å². The Morgan fingerprint density at radius 3 is 2.68 bits per heavy atom. The summed E-state index contributed by atoms with van der Waals surface area (Å²) in [7, 11) is 1.77. The molecule has 19 heavy (non-hydrogen) atoms. The van der Waals surface area contributed by atoms with Gasteiger partial charge < -0.3 is 15.3 Å². The van der Waals surface area contributed by atoms with Crippen LogP contribution in [0.4, 0.5) is 4.79 Å². The molecule has 5 nitrogen and oxygen atoms in total. The van der Waals surface area contributed by atoms with Gasteiger partial charge in [0.1, 0.15) is 0 Å². The average Bonchev–Trinajstić information content (AvgIpc) is 2.71. The van der Waals surface area contributed by atoms with Gasteiger partial charge in [-0.15, -0.1) is 0 Å². The van der Waals surface area contributed by atoms with Crippen LogP contribution >= 0.6 is 0 Å². The third kappa shape index (κ3) is 3.39. The van der Waals surface area contributed by atoms with E-state index in [2.05, 4.69) is 12.2 Å². The van der Waals surface area contributed by atoms with Gasteiger partial charge in [0.25, 0.3) is 0 Å². The number of urea groups is 1. The molecule has 1 aliphatic rings. The molecule has 2 N–H and O–H groups in total. The monoisotopic (exact) mass is 270 g/mol. The van der Waals surface area contributed by atoms with E-state index in [-0.39, 0.29) is 18.1 Å². The molecule has 0 bridgehead atoms. The number of rotatable bonds is 5. The number of hydrogen-bond acceptors (Lipinski definition) is 2. The molecular formula is C14H26N2O3. The molecule has 0 aromatic carbocycles. The van der Waals surface area contributed by atoms with E-state index in [9.17, 15) is 14.7 Å². The van der Waals surface area contributed by atoms with Crippen LogP contribution in [0.3, 0.4) is 0 Å². The Morgan fingerprint density at radius 2 is 2.16 bits per heavy atom. The van der Waals surface area contributed by atoms with Gasteiger partial charge in [0.05, 0.1) is 5.41 Å². The zero-order valence-corrected chi connectivity index (χ0v) is 12.4. The second-order valence-electron chi connectivity index (χ2n) is 5.87. The van der Waals surface area contributed by atoms with Crippen LogP contribution < -0.4 is 5.32 Å². The first-order valence-corrected chi connectivity index (χ1v) is 7.09. The van der Waals surface area contributed by atoms with E-state index in [0.29, 0.717) is 6.42 Å². The van der Waals surface area contributed by atoms with Crippen molar-refractivity contribution >= 4 is 12.0 Å². The number of nitrogens with zero attached hydrogens (tertiary/aromatic N) is 1.